The summed E-state index contributed by atoms with van der Waals surface area (Å²) < 4.78 is 5.57. The molecule has 0 N–H and O–H groups in total. The van der Waals surface area contributed by atoms with Gasteiger partial charge in [-0.25, -0.2) is 4.79 Å². The minimum Gasteiger partial charge on any atom is -0.444 e. The number of hydrogen-bond acceptors (Lipinski definition) is 5. The van der Waals surface area contributed by atoms with Crippen LogP contribution in [0.15, 0.2) is 24.3 Å². The Bertz CT molecular complexity index is 569. The predicted molar refractivity (Wildman–Crippen MR) is 93.2 cm³/mol. The Morgan fingerprint density at radius 3 is 2.54 bits per heavy atom. The molecule has 1 aromatic carbocycles. The Morgan fingerprint density at radius 2 is 1.92 bits per heavy atom. The lowest BCUT2D eigenvalue weighted by Gasteiger charge is -2.33. The van der Waals surface area contributed by atoms with E-state index in [4.69, 9.17) is 9.57 Å². The number of hydroxylamine groups is 2. The van der Waals surface area contributed by atoms with Crippen molar-refractivity contribution >= 4 is 6.09 Å². The number of benzene rings is 1. The number of carbonyl (C=O) groups excluding carboxylic acids is 1. The van der Waals surface area contributed by atoms with E-state index in [1.165, 1.54) is 0 Å². The first kappa shape index (κ1) is 18.7. The maximum absolute atomic E-state index is 12.6. The van der Waals surface area contributed by atoms with Crippen LogP contribution in [-0.2, 0) is 16.1 Å². The quantitative estimate of drug-likeness (QED) is 0.774. The van der Waals surface area contributed by atoms with E-state index in [-0.39, 0.29) is 12.3 Å². The van der Waals surface area contributed by atoms with Crippen molar-refractivity contribution in [3.05, 3.63) is 35.4 Å². The standard InChI is InChI=1S/C18H29N3O3/c1-18(2,3)24-17(22)21-13-14-9-7-8-10-15(14)16(21)20(6)23-12-11-19(4)5/h7-10,16H,11-13H2,1-6H3. The Morgan fingerprint density at radius 1 is 1.25 bits per heavy atom. The fraction of sp³-hybridized carbons (Fsp3) is 0.611. The molecule has 134 valence electrons. The van der Waals surface area contributed by atoms with E-state index in [0.717, 1.165) is 17.7 Å². The lowest BCUT2D eigenvalue weighted by Crippen LogP contribution is -2.42. The molecule has 1 unspecified atom stereocenters. The average molecular weight is 335 g/mol. The number of fused-ring (bicyclic) bond motifs is 1. The summed E-state index contributed by atoms with van der Waals surface area (Å²) in [5.74, 6) is 0. The number of carbonyl (C=O) groups is 1. The molecule has 6 heteroatoms. The van der Waals surface area contributed by atoms with Crippen molar-refractivity contribution in [3.8, 4) is 0 Å². The Kier molecular flexibility index (Phi) is 5.85. The molecule has 0 radical (unpaired) electrons. The molecule has 6 nitrogen and oxygen atoms in total. The number of nitrogens with zero attached hydrogens (tertiary/aromatic N) is 3. The van der Waals surface area contributed by atoms with Crippen LogP contribution >= 0.6 is 0 Å². The van der Waals surface area contributed by atoms with E-state index in [1.807, 2.05) is 66.2 Å². The second-order valence-electron chi connectivity index (χ2n) is 7.36. The highest BCUT2D eigenvalue weighted by Gasteiger charge is 2.38. The molecule has 0 spiro atoms. The van der Waals surface area contributed by atoms with Gasteiger partial charge in [-0.15, -0.1) is 0 Å². The highest BCUT2D eigenvalue weighted by molar-refractivity contribution is 5.70. The summed E-state index contributed by atoms with van der Waals surface area (Å²) in [6.45, 7) is 7.52. The van der Waals surface area contributed by atoms with Gasteiger partial charge in [0.15, 0.2) is 0 Å². The SMILES string of the molecule is CN(C)CCON(C)C1c2ccccc2CN1C(=O)OC(C)(C)C. The first-order chi connectivity index (χ1) is 11.2. The molecule has 1 aliphatic rings. The Hall–Kier alpha value is -1.63. The molecule has 1 atom stereocenters. The lowest BCUT2D eigenvalue weighted by molar-refractivity contribution is -0.200. The third-order valence-electron chi connectivity index (χ3n) is 3.78. The predicted octanol–water partition coefficient (Wildman–Crippen LogP) is 2.86. The zero-order chi connectivity index (χ0) is 17.9. The van der Waals surface area contributed by atoms with Crippen LogP contribution in [0.4, 0.5) is 4.79 Å². The lowest BCUT2D eigenvalue weighted by atomic mass is 10.1. The van der Waals surface area contributed by atoms with E-state index in [0.29, 0.717) is 13.2 Å². The van der Waals surface area contributed by atoms with Gasteiger partial charge in [0, 0.05) is 13.6 Å². The monoisotopic (exact) mass is 335 g/mol. The summed E-state index contributed by atoms with van der Waals surface area (Å²) in [7, 11) is 5.86. The first-order valence-corrected chi connectivity index (χ1v) is 8.27. The van der Waals surface area contributed by atoms with Gasteiger partial charge in [0.1, 0.15) is 11.8 Å². The Labute approximate surface area is 144 Å². The molecule has 0 saturated carbocycles. The van der Waals surface area contributed by atoms with E-state index in [9.17, 15) is 4.79 Å². The van der Waals surface area contributed by atoms with Crippen LogP contribution in [0, 0.1) is 0 Å². The molecule has 0 aromatic heterocycles. The van der Waals surface area contributed by atoms with Gasteiger partial charge in [-0.3, -0.25) is 9.74 Å². The minimum atomic E-state index is -0.527. The summed E-state index contributed by atoms with van der Waals surface area (Å²) in [5.41, 5.74) is 1.67. The molecule has 0 fully saturated rings. The third-order valence-corrected chi connectivity index (χ3v) is 3.78. The second kappa shape index (κ2) is 7.51. The van der Waals surface area contributed by atoms with E-state index < -0.39 is 5.60 Å². The van der Waals surface area contributed by atoms with Crippen LogP contribution in [0.25, 0.3) is 0 Å². The van der Waals surface area contributed by atoms with Gasteiger partial charge in [0.2, 0.25) is 0 Å². The maximum Gasteiger partial charge on any atom is 0.412 e. The van der Waals surface area contributed by atoms with Crippen LogP contribution in [-0.4, -0.2) is 60.9 Å². The maximum atomic E-state index is 12.6. The van der Waals surface area contributed by atoms with Crippen molar-refractivity contribution < 1.29 is 14.4 Å². The zero-order valence-corrected chi connectivity index (χ0v) is 15.6. The van der Waals surface area contributed by atoms with Crippen LogP contribution in [0.2, 0.25) is 0 Å². The van der Waals surface area contributed by atoms with Gasteiger partial charge >= 0.3 is 6.09 Å². The molecule has 2 rings (SSSR count). The fourth-order valence-electron chi connectivity index (χ4n) is 2.68. The zero-order valence-electron chi connectivity index (χ0n) is 15.6. The summed E-state index contributed by atoms with van der Waals surface area (Å²) in [5, 5.41) is 1.75. The van der Waals surface area contributed by atoms with Crippen molar-refractivity contribution in [2.24, 2.45) is 0 Å². The normalized spacial score (nSPS) is 17.5. The molecule has 0 saturated heterocycles. The molecular formula is C18H29N3O3. The van der Waals surface area contributed by atoms with Crippen LogP contribution in [0.3, 0.4) is 0 Å². The van der Waals surface area contributed by atoms with Crippen molar-refractivity contribution in [2.75, 3.05) is 34.3 Å². The highest BCUT2D eigenvalue weighted by atomic mass is 16.7. The third kappa shape index (κ3) is 4.69. The van der Waals surface area contributed by atoms with Gasteiger partial charge in [0.05, 0.1) is 13.2 Å². The van der Waals surface area contributed by atoms with Crippen LogP contribution in [0.1, 0.15) is 38.1 Å². The molecule has 1 aliphatic heterocycles. The number of ether oxygens (including phenoxy) is 1. The van der Waals surface area contributed by atoms with Gasteiger partial charge in [-0.1, -0.05) is 24.3 Å². The van der Waals surface area contributed by atoms with Gasteiger partial charge in [-0.05, 0) is 46.0 Å². The smallest absolute Gasteiger partial charge is 0.412 e. The topological polar surface area (TPSA) is 45.2 Å². The number of likely N-dealkylation sites (N-methyl/N-ethyl adjacent to an activating group) is 1. The van der Waals surface area contributed by atoms with E-state index in [2.05, 4.69) is 4.90 Å². The fourth-order valence-corrected chi connectivity index (χ4v) is 2.68. The van der Waals surface area contributed by atoms with Crippen LogP contribution in [0.5, 0.6) is 0 Å². The molecule has 24 heavy (non-hydrogen) atoms. The molecule has 1 heterocycles. The number of rotatable bonds is 5. The number of hydrogen-bond donors (Lipinski definition) is 0. The summed E-state index contributed by atoms with van der Waals surface area (Å²) >= 11 is 0. The minimum absolute atomic E-state index is 0.279. The first-order valence-electron chi connectivity index (χ1n) is 8.27. The second-order valence-corrected chi connectivity index (χ2v) is 7.36. The molecular weight excluding hydrogens is 306 g/mol. The molecule has 1 aromatic rings. The summed E-state index contributed by atoms with van der Waals surface area (Å²) in [4.78, 5) is 22.3. The van der Waals surface area contributed by atoms with Crippen molar-refractivity contribution in [2.45, 2.75) is 39.1 Å². The average Bonchev–Trinajstić information content (AvgIpc) is 2.84. The molecule has 0 bridgehead atoms. The van der Waals surface area contributed by atoms with Crippen molar-refractivity contribution in [3.63, 3.8) is 0 Å². The van der Waals surface area contributed by atoms with Crippen molar-refractivity contribution in [1.82, 2.24) is 14.9 Å². The van der Waals surface area contributed by atoms with Gasteiger partial charge < -0.3 is 9.64 Å². The Balaban J connectivity index is 2.16. The van der Waals surface area contributed by atoms with Crippen LogP contribution < -0.4 is 0 Å². The van der Waals surface area contributed by atoms with Gasteiger partial charge in [-0.2, -0.15) is 5.06 Å². The largest absolute Gasteiger partial charge is 0.444 e. The van der Waals surface area contributed by atoms with E-state index in [1.54, 1.807) is 9.96 Å². The summed E-state index contributed by atoms with van der Waals surface area (Å²) in [6, 6.07) is 8.05. The molecule has 1 amide bonds. The van der Waals surface area contributed by atoms with Crippen molar-refractivity contribution in [1.29, 1.82) is 0 Å². The summed E-state index contributed by atoms with van der Waals surface area (Å²) in [6.07, 6.45) is -0.607. The number of amides is 1. The highest BCUT2D eigenvalue weighted by Crippen LogP contribution is 2.36. The van der Waals surface area contributed by atoms with E-state index >= 15 is 0 Å². The van der Waals surface area contributed by atoms with Gasteiger partial charge in [0.25, 0.3) is 0 Å². The molecule has 0 aliphatic carbocycles.